The number of esters is 3. The summed E-state index contributed by atoms with van der Waals surface area (Å²) in [5.74, 6) is -5.66. The molecule has 0 aromatic heterocycles. The van der Waals surface area contributed by atoms with Crippen molar-refractivity contribution in [3.05, 3.63) is 0 Å². The molecule has 25 heavy (non-hydrogen) atoms. The van der Waals surface area contributed by atoms with Crippen molar-refractivity contribution in [1.82, 2.24) is 0 Å². The van der Waals surface area contributed by atoms with Gasteiger partial charge in [0, 0.05) is 27.7 Å². The minimum atomic E-state index is -3.36. The maximum Gasteiger partial charge on any atom is 0.303 e. The number of carbonyl (C=O) groups is 3. The van der Waals surface area contributed by atoms with Crippen molar-refractivity contribution in [3.8, 4) is 0 Å². The van der Waals surface area contributed by atoms with E-state index in [1.807, 2.05) is 0 Å². The van der Waals surface area contributed by atoms with Gasteiger partial charge in [0.15, 0.2) is 18.3 Å². The highest BCUT2D eigenvalue weighted by Crippen LogP contribution is 2.33. The van der Waals surface area contributed by atoms with Gasteiger partial charge in [-0.25, -0.2) is 8.78 Å². The summed E-state index contributed by atoms with van der Waals surface area (Å²) >= 11 is 0. The third kappa shape index (κ3) is 5.60. The largest absolute Gasteiger partial charge is 0.456 e. The molecule has 1 aliphatic rings. The van der Waals surface area contributed by atoms with Crippen molar-refractivity contribution in [2.24, 2.45) is 5.73 Å². The van der Waals surface area contributed by atoms with Crippen LogP contribution < -0.4 is 5.73 Å². The Bertz CT molecular complexity index is 522. The van der Waals surface area contributed by atoms with Crippen LogP contribution in [-0.2, 0) is 33.3 Å². The van der Waals surface area contributed by atoms with Crippen LogP contribution in [0.4, 0.5) is 8.78 Å². The van der Waals surface area contributed by atoms with Crippen LogP contribution in [0, 0.1) is 0 Å². The van der Waals surface area contributed by atoms with Gasteiger partial charge in [-0.2, -0.15) is 0 Å². The van der Waals surface area contributed by atoms with Crippen LogP contribution in [0.15, 0.2) is 0 Å². The molecule has 0 aromatic carbocycles. The molecule has 0 radical (unpaired) electrons. The lowest BCUT2D eigenvalue weighted by Crippen LogP contribution is -2.67. The lowest BCUT2D eigenvalue weighted by molar-refractivity contribution is -0.255. The molecule has 144 valence electrons. The second-order valence-corrected chi connectivity index (χ2v) is 6.01. The summed E-state index contributed by atoms with van der Waals surface area (Å²) < 4.78 is 48.1. The molecule has 0 amide bonds. The van der Waals surface area contributed by atoms with Gasteiger partial charge in [-0.1, -0.05) is 0 Å². The molecule has 1 fully saturated rings. The number of carbonyl (C=O) groups excluding carboxylic acids is 3. The van der Waals surface area contributed by atoms with E-state index in [-0.39, 0.29) is 0 Å². The fraction of sp³-hybridized carbons (Fsp3) is 0.800. The summed E-state index contributed by atoms with van der Waals surface area (Å²) in [6.45, 7) is 5.29. The average Bonchev–Trinajstić information content (AvgIpc) is 2.42. The van der Waals surface area contributed by atoms with Crippen LogP contribution in [0.3, 0.4) is 0 Å². The maximum atomic E-state index is 13.7. The number of rotatable bonds is 5. The molecule has 1 saturated heterocycles. The van der Waals surface area contributed by atoms with Gasteiger partial charge in [0.25, 0.3) is 5.92 Å². The van der Waals surface area contributed by atoms with Crippen LogP contribution >= 0.6 is 0 Å². The standard InChI is InChI=1S/C15H23F2NO7/c1-6-10(23-7(2)19)11(24-8(3)20)12(25-9(4)21)13(22-6)14(18)15(5,16)17/h6,10-14H,18H2,1-5H3/t6-,10+,11-,12-,13+,14+/m1/s1. The van der Waals surface area contributed by atoms with Gasteiger partial charge in [0.2, 0.25) is 0 Å². The predicted octanol–water partition coefficient (Wildman–Crippen LogP) is 0.551. The topological polar surface area (TPSA) is 114 Å². The lowest BCUT2D eigenvalue weighted by atomic mass is 9.89. The Labute approximate surface area is 143 Å². The highest BCUT2D eigenvalue weighted by molar-refractivity contribution is 5.68. The molecular formula is C15H23F2NO7. The predicted molar refractivity (Wildman–Crippen MR) is 79.6 cm³/mol. The highest BCUT2D eigenvalue weighted by atomic mass is 19.3. The first-order chi connectivity index (χ1) is 11.3. The summed E-state index contributed by atoms with van der Waals surface area (Å²) in [6.07, 6.45) is -6.37. The van der Waals surface area contributed by atoms with E-state index in [0.717, 1.165) is 20.8 Å². The van der Waals surface area contributed by atoms with Crippen molar-refractivity contribution in [1.29, 1.82) is 0 Å². The SMILES string of the molecule is CC(=O)O[C@@H]1[C@H](OC(C)=O)[C@@H](OC(C)=O)[C@@H](C)O[C@@H]1[C@H](N)C(C)(F)F. The Hall–Kier alpha value is -1.81. The molecular weight excluding hydrogens is 344 g/mol. The number of hydrogen-bond acceptors (Lipinski definition) is 8. The molecule has 0 aliphatic carbocycles. The smallest absolute Gasteiger partial charge is 0.303 e. The minimum absolute atomic E-state index is 0.593. The third-order valence-corrected chi connectivity index (χ3v) is 3.65. The van der Waals surface area contributed by atoms with Crippen molar-refractivity contribution >= 4 is 17.9 Å². The quantitative estimate of drug-likeness (QED) is 0.553. The van der Waals surface area contributed by atoms with Gasteiger partial charge in [-0.15, -0.1) is 0 Å². The Morgan fingerprint density at radius 1 is 0.960 bits per heavy atom. The van der Waals surface area contributed by atoms with Crippen LogP contribution in [0.5, 0.6) is 0 Å². The molecule has 10 heteroatoms. The van der Waals surface area contributed by atoms with E-state index in [4.69, 9.17) is 24.7 Å². The summed E-state index contributed by atoms with van der Waals surface area (Å²) in [5, 5.41) is 0. The molecule has 6 atom stereocenters. The van der Waals surface area contributed by atoms with E-state index < -0.39 is 60.4 Å². The Morgan fingerprint density at radius 3 is 1.76 bits per heavy atom. The molecule has 1 aliphatic heterocycles. The monoisotopic (exact) mass is 367 g/mol. The molecule has 8 nitrogen and oxygen atoms in total. The molecule has 0 unspecified atom stereocenters. The van der Waals surface area contributed by atoms with Gasteiger partial charge in [0.05, 0.1) is 12.1 Å². The third-order valence-electron chi connectivity index (χ3n) is 3.65. The summed E-state index contributed by atoms with van der Waals surface area (Å²) in [7, 11) is 0. The minimum Gasteiger partial charge on any atom is -0.456 e. The van der Waals surface area contributed by atoms with Gasteiger partial charge in [-0.05, 0) is 6.92 Å². The molecule has 1 heterocycles. The van der Waals surface area contributed by atoms with Gasteiger partial charge < -0.3 is 24.7 Å². The number of ether oxygens (including phenoxy) is 4. The highest BCUT2D eigenvalue weighted by Gasteiger charge is 2.55. The zero-order chi connectivity index (χ0) is 19.5. The zero-order valence-corrected chi connectivity index (χ0v) is 14.7. The van der Waals surface area contributed by atoms with Crippen molar-refractivity contribution in [3.63, 3.8) is 0 Å². The van der Waals surface area contributed by atoms with Gasteiger partial charge in [-0.3, -0.25) is 14.4 Å². The van der Waals surface area contributed by atoms with E-state index >= 15 is 0 Å². The second-order valence-electron chi connectivity index (χ2n) is 6.01. The van der Waals surface area contributed by atoms with Crippen molar-refractivity contribution in [2.45, 2.75) is 77.1 Å². The lowest BCUT2D eigenvalue weighted by Gasteiger charge is -2.46. The first-order valence-corrected chi connectivity index (χ1v) is 7.65. The Balaban J connectivity index is 3.29. The average molecular weight is 367 g/mol. The van der Waals surface area contributed by atoms with E-state index in [2.05, 4.69) is 0 Å². The van der Waals surface area contributed by atoms with Crippen LogP contribution in [0.2, 0.25) is 0 Å². The number of hydrogen-bond donors (Lipinski definition) is 1. The normalized spacial score (nSPS) is 31.0. The first-order valence-electron chi connectivity index (χ1n) is 7.65. The second kappa shape index (κ2) is 8.05. The van der Waals surface area contributed by atoms with Crippen molar-refractivity contribution < 1.29 is 42.1 Å². The molecule has 0 spiro atoms. The van der Waals surface area contributed by atoms with E-state index in [1.54, 1.807) is 0 Å². The van der Waals surface area contributed by atoms with Crippen LogP contribution in [0.25, 0.3) is 0 Å². The molecule has 0 aromatic rings. The van der Waals surface area contributed by atoms with E-state index in [9.17, 15) is 23.2 Å². The van der Waals surface area contributed by atoms with E-state index in [1.165, 1.54) is 6.92 Å². The van der Waals surface area contributed by atoms with Crippen LogP contribution in [-0.4, -0.2) is 60.4 Å². The summed E-state index contributed by atoms with van der Waals surface area (Å²) in [6, 6.07) is -1.85. The fourth-order valence-electron chi connectivity index (χ4n) is 2.63. The zero-order valence-electron chi connectivity index (χ0n) is 14.7. The fourth-order valence-corrected chi connectivity index (χ4v) is 2.63. The number of nitrogens with two attached hydrogens (primary N) is 1. The summed E-state index contributed by atoms with van der Waals surface area (Å²) in [4.78, 5) is 34.2. The van der Waals surface area contributed by atoms with Gasteiger partial charge >= 0.3 is 17.9 Å². The van der Waals surface area contributed by atoms with Crippen molar-refractivity contribution in [2.75, 3.05) is 0 Å². The molecule has 1 rings (SSSR count). The van der Waals surface area contributed by atoms with E-state index in [0.29, 0.717) is 6.92 Å². The molecule has 0 saturated carbocycles. The summed E-state index contributed by atoms with van der Waals surface area (Å²) in [5.41, 5.74) is 5.58. The molecule has 0 bridgehead atoms. The number of halogens is 2. The first kappa shape index (κ1) is 21.2. The Morgan fingerprint density at radius 2 is 1.36 bits per heavy atom. The van der Waals surface area contributed by atoms with Crippen LogP contribution in [0.1, 0.15) is 34.6 Å². The number of alkyl halides is 2. The molecule has 2 N–H and O–H groups in total. The maximum absolute atomic E-state index is 13.7. The Kier molecular flexibility index (Phi) is 6.83. The van der Waals surface area contributed by atoms with Gasteiger partial charge in [0.1, 0.15) is 6.10 Å².